The molecule has 52 valence electrons. The monoisotopic (exact) mass is 178 g/mol. The fourth-order valence-corrected chi connectivity index (χ4v) is 7.79. The highest BCUT2D eigenvalue weighted by Gasteiger charge is 2.38. The van der Waals surface area contributed by atoms with Gasteiger partial charge < -0.3 is 0 Å². The molecule has 9 heavy (non-hydrogen) atoms. The molecule has 2 aliphatic rings. The van der Waals surface area contributed by atoms with E-state index in [1.165, 1.54) is 31.4 Å². The lowest BCUT2D eigenvalue weighted by molar-refractivity contribution is 0.692. The van der Waals surface area contributed by atoms with Gasteiger partial charge in [0.05, 0.1) is 0 Å². The lowest BCUT2D eigenvalue weighted by Gasteiger charge is -2.17. The molecule has 0 aromatic rings. The molecule has 0 radical (unpaired) electrons. The molecule has 0 nitrogen and oxygen atoms in total. The zero-order valence-corrected chi connectivity index (χ0v) is 7.71. The highest BCUT2D eigenvalue weighted by atomic mass is 33.5. The Morgan fingerprint density at radius 3 is 2.44 bits per heavy atom. The molecule has 0 bridgehead atoms. The van der Waals surface area contributed by atoms with Crippen molar-refractivity contribution < 1.29 is 0 Å². The summed E-state index contributed by atoms with van der Waals surface area (Å²) in [5.74, 6) is 1.41. The van der Waals surface area contributed by atoms with E-state index in [1.807, 2.05) is 20.6 Å². The van der Waals surface area contributed by atoms with Crippen molar-refractivity contribution in [3.63, 3.8) is 0 Å². The normalized spacial score (nSPS) is 32.0. The minimum atomic E-state index is 0.731. The zero-order valence-electron chi connectivity index (χ0n) is 5.26. The van der Waals surface area contributed by atoms with Crippen LogP contribution in [0.1, 0.15) is 25.7 Å². The van der Waals surface area contributed by atoms with Crippen LogP contribution in [-0.2, 0) is 0 Å². The summed E-state index contributed by atoms with van der Waals surface area (Å²) in [6, 6.07) is 0. The van der Waals surface area contributed by atoms with Gasteiger partial charge in [-0.05, 0) is 22.7 Å². The molecule has 1 aliphatic heterocycles. The summed E-state index contributed by atoms with van der Waals surface area (Å²) in [6.45, 7) is 0. The first kappa shape index (κ1) is 6.74. The van der Waals surface area contributed by atoms with Gasteiger partial charge in [0.15, 0.2) is 0 Å². The second kappa shape index (κ2) is 2.59. The maximum atomic E-state index is 2.13. The van der Waals surface area contributed by atoms with Gasteiger partial charge in [0, 0.05) is 10.5 Å². The third kappa shape index (κ3) is 1.24. The fourth-order valence-electron chi connectivity index (χ4n) is 1.50. The van der Waals surface area contributed by atoms with E-state index in [4.69, 9.17) is 0 Å². The second-order valence-electron chi connectivity index (χ2n) is 2.80. The van der Waals surface area contributed by atoms with Crippen LogP contribution in [0.3, 0.4) is 0 Å². The van der Waals surface area contributed by atoms with Crippen LogP contribution >= 0.6 is 31.4 Å². The molecular weight excluding hydrogens is 168 g/mol. The van der Waals surface area contributed by atoms with Gasteiger partial charge in [-0.15, -0.1) is 0 Å². The first-order valence-corrected chi connectivity index (χ1v) is 7.04. The van der Waals surface area contributed by atoms with Crippen molar-refractivity contribution in [2.75, 3.05) is 5.75 Å². The molecule has 0 N–H and O–H groups in total. The Balaban J connectivity index is 2.04. The predicted octanol–water partition coefficient (Wildman–Crippen LogP) is 3.34. The van der Waals surface area contributed by atoms with Crippen molar-refractivity contribution in [1.29, 1.82) is 0 Å². The maximum absolute atomic E-state index is 2.13. The quantitative estimate of drug-likeness (QED) is 0.522. The van der Waals surface area contributed by atoms with Gasteiger partial charge in [-0.25, -0.2) is 0 Å². The van der Waals surface area contributed by atoms with Crippen LogP contribution in [0.5, 0.6) is 0 Å². The fraction of sp³-hybridized carbons (Fsp3) is 1.00. The van der Waals surface area contributed by atoms with Crippen molar-refractivity contribution in [1.82, 2.24) is 0 Å². The van der Waals surface area contributed by atoms with Gasteiger partial charge in [0.25, 0.3) is 0 Å². The first-order chi connectivity index (χ1) is 4.41. The predicted molar refractivity (Wildman–Crippen MR) is 48.8 cm³/mol. The van der Waals surface area contributed by atoms with Gasteiger partial charge >= 0.3 is 0 Å². The minimum Gasteiger partial charge on any atom is -0.0811 e. The summed E-state index contributed by atoms with van der Waals surface area (Å²) in [6.07, 6.45) is 5.93. The van der Waals surface area contributed by atoms with E-state index < -0.39 is 0 Å². The van der Waals surface area contributed by atoms with E-state index >= 15 is 0 Å². The van der Waals surface area contributed by atoms with E-state index in [2.05, 4.69) is 10.8 Å². The molecule has 1 saturated carbocycles. The Morgan fingerprint density at radius 2 is 1.89 bits per heavy atom. The molecule has 2 fully saturated rings. The van der Waals surface area contributed by atoms with Crippen molar-refractivity contribution in [2.45, 2.75) is 30.4 Å². The van der Waals surface area contributed by atoms with E-state index in [-0.39, 0.29) is 0 Å². The Bertz CT molecular complexity index is 83.4. The van der Waals surface area contributed by atoms with Gasteiger partial charge in [-0.1, -0.05) is 34.4 Å². The van der Waals surface area contributed by atoms with Crippen LogP contribution in [-0.4, -0.2) is 10.5 Å². The summed E-state index contributed by atoms with van der Waals surface area (Å²) in [7, 11) is 6.19. The van der Waals surface area contributed by atoms with Gasteiger partial charge in [0.1, 0.15) is 0 Å². The average molecular weight is 178 g/mol. The summed E-state index contributed by atoms with van der Waals surface area (Å²) < 4.78 is 0.731. The van der Waals surface area contributed by atoms with Crippen LogP contribution in [0, 0.1) is 0 Å². The van der Waals surface area contributed by atoms with E-state index in [0.29, 0.717) is 0 Å². The zero-order chi connectivity index (χ0) is 6.16. The van der Waals surface area contributed by atoms with Crippen LogP contribution < -0.4 is 0 Å². The lowest BCUT2D eigenvalue weighted by atomic mass is 10.1. The summed E-state index contributed by atoms with van der Waals surface area (Å²) in [5, 5.41) is 0. The SMILES string of the molecule is C1CCC2(C1)CSSS2. The molecular formula is C6H10S3. The van der Waals surface area contributed by atoms with E-state index in [0.717, 1.165) is 4.75 Å². The van der Waals surface area contributed by atoms with Crippen molar-refractivity contribution in [2.24, 2.45) is 0 Å². The molecule has 0 aromatic carbocycles. The van der Waals surface area contributed by atoms with Crippen molar-refractivity contribution in [3.05, 3.63) is 0 Å². The van der Waals surface area contributed by atoms with Gasteiger partial charge in [-0.2, -0.15) is 0 Å². The summed E-state index contributed by atoms with van der Waals surface area (Å²) in [4.78, 5) is 0. The highest BCUT2D eigenvalue weighted by molar-refractivity contribution is 9.11. The molecule has 1 spiro atoms. The Morgan fingerprint density at radius 1 is 1.11 bits per heavy atom. The average Bonchev–Trinajstić information content (AvgIpc) is 2.45. The number of hydrogen-bond acceptors (Lipinski definition) is 3. The standard InChI is InChI=1S/C6H10S3/c1-2-4-6(3-1)5-7-9-8-6/h1-5H2. The summed E-state index contributed by atoms with van der Waals surface area (Å²) in [5.41, 5.74) is 0. The molecule has 0 aromatic heterocycles. The van der Waals surface area contributed by atoms with Crippen molar-refractivity contribution in [3.8, 4) is 0 Å². The first-order valence-electron chi connectivity index (χ1n) is 3.39. The largest absolute Gasteiger partial charge is 0.0811 e. The van der Waals surface area contributed by atoms with Crippen LogP contribution in [0.2, 0.25) is 0 Å². The van der Waals surface area contributed by atoms with Gasteiger partial charge in [-0.3, -0.25) is 0 Å². The van der Waals surface area contributed by atoms with E-state index in [1.54, 1.807) is 0 Å². The smallest absolute Gasteiger partial charge is 0.0370 e. The number of hydrogen-bond donors (Lipinski definition) is 0. The number of rotatable bonds is 0. The van der Waals surface area contributed by atoms with Crippen LogP contribution in [0.15, 0.2) is 0 Å². The molecule has 3 heteroatoms. The molecule has 1 aliphatic carbocycles. The second-order valence-corrected chi connectivity index (χ2v) is 7.34. The highest BCUT2D eigenvalue weighted by Crippen LogP contribution is 2.59. The molecule has 1 heterocycles. The van der Waals surface area contributed by atoms with E-state index in [9.17, 15) is 0 Å². The summed E-state index contributed by atoms with van der Waals surface area (Å²) >= 11 is 0. The molecule has 1 saturated heterocycles. The molecule has 2 rings (SSSR count). The maximum Gasteiger partial charge on any atom is 0.0370 e. The Kier molecular flexibility index (Phi) is 1.94. The minimum absolute atomic E-state index is 0.731. The van der Waals surface area contributed by atoms with Crippen LogP contribution in [0.4, 0.5) is 0 Å². The van der Waals surface area contributed by atoms with Crippen LogP contribution in [0.25, 0.3) is 0 Å². The Hall–Kier alpha value is 1.05. The topological polar surface area (TPSA) is 0 Å². The molecule has 0 atom stereocenters. The van der Waals surface area contributed by atoms with Crippen molar-refractivity contribution >= 4 is 31.4 Å². The third-order valence-corrected chi connectivity index (χ3v) is 7.40. The molecule has 0 amide bonds. The Labute approximate surface area is 67.7 Å². The third-order valence-electron chi connectivity index (χ3n) is 2.10. The molecule has 0 unspecified atom stereocenters. The van der Waals surface area contributed by atoms with Gasteiger partial charge in [0.2, 0.25) is 0 Å². The lowest BCUT2D eigenvalue weighted by Crippen LogP contribution is -2.18.